The molecule has 0 aliphatic carbocycles. The lowest BCUT2D eigenvalue weighted by molar-refractivity contribution is -0.175. The molecule has 0 aliphatic rings. The molecule has 5 heteroatoms. The zero-order valence-corrected chi connectivity index (χ0v) is 9.63. The van der Waals surface area contributed by atoms with Crippen molar-refractivity contribution >= 4 is 6.47 Å². The number of rotatable bonds is 9. The Hall–Kier alpha value is -1.26. The molecule has 0 saturated carbocycles. The highest BCUT2D eigenvalue weighted by atomic mass is 19.4. The maximum absolute atomic E-state index is 12.5. The second kappa shape index (κ2) is 7.92. The first kappa shape index (κ1) is 15.7. The summed E-state index contributed by atoms with van der Waals surface area (Å²) in [6.07, 6.45) is -1.55. The first-order chi connectivity index (χ1) is 7.91. The van der Waals surface area contributed by atoms with E-state index < -0.39 is 12.1 Å². The molecule has 0 amide bonds. The van der Waals surface area contributed by atoms with Gasteiger partial charge in [0.2, 0.25) is 0 Å². The number of carbonyl (C=O) groups is 1. The van der Waals surface area contributed by atoms with Gasteiger partial charge in [-0.05, 0) is 19.3 Å². The van der Waals surface area contributed by atoms with Crippen LogP contribution in [0.5, 0.6) is 0 Å². The smallest absolute Gasteiger partial charge is 0.392 e. The molecule has 0 saturated heterocycles. The summed E-state index contributed by atoms with van der Waals surface area (Å²) in [6.45, 7) is 7.04. The Morgan fingerprint density at radius 1 is 1.35 bits per heavy atom. The summed E-state index contributed by atoms with van der Waals surface area (Å²) >= 11 is 0. The SMILES string of the molecule is C=CC[C@@H](CCCCC(=C)OC=O)C(F)(F)F. The second-order valence-corrected chi connectivity index (χ2v) is 3.76. The highest BCUT2D eigenvalue weighted by molar-refractivity contribution is 5.39. The first-order valence-electron chi connectivity index (χ1n) is 5.37. The van der Waals surface area contributed by atoms with E-state index in [-0.39, 0.29) is 25.1 Å². The van der Waals surface area contributed by atoms with Gasteiger partial charge in [-0.25, -0.2) is 0 Å². The third kappa shape index (κ3) is 7.60. The zero-order chi connectivity index (χ0) is 13.3. The molecule has 0 bridgehead atoms. The fraction of sp³-hybridized carbons (Fsp3) is 0.583. The van der Waals surface area contributed by atoms with Crippen LogP contribution in [-0.4, -0.2) is 12.6 Å². The molecule has 0 spiro atoms. The van der Waals surface area contributed by atoms with E-state index >= 15 is 0 Å². The van der Waals surface area contributed by atoms with Gasteiger partial charge in [-0.3, -0.25) is 4.79 Å². The van der Waals surface area contributed by atoms with Crippen molar-refractivity contribution in [3.05, 3.63) is 25.0 Å². The lowest BCUT2D eigenvalue weighted by Crippen LogP contribution is -2.22. The Morgan fingerprint density at radius 3 is 2.47 bits per heavy atom. The number of carbonyl (C=O) groups excluding carboxylic acids is 1. The van der Waals surface area contributed by atoms with Crippen LogP contribution in [0.2, 0.25) is 0 Å². The Kier molecular flexibility index (Phi) is 7.34. The number of halogens is 3. The van der Waals surface area contributed by atoms with E-state index in [1.807, 2.05) is 0 Å². The number of ether oxygens (including phenoxy) is 1. The standard InChI is InChI=1S/C12H17F3O2/c1-3-6-11(12(13,14)15)8-5-4-7-10(2)17-9-16/h3,9,11H,1-2,4-8H2/t11-/m0/s1. The molecular formula is C12H17F3O2. The van der Waals surface area contributed by atoms with Crippen LogP contribution in [0.25, 0.3) is 0 Å². The maximum Gasteiger partial charge on any atom is 0.392 e. The highest BCUT2D eigenvalue weighted by Gasteiger charge is 2.37. The van der Waals surface area contributed by atoms with Gasteiger partial charge in [0, 0.05) is 6.42 Å². The number of allylic oxidation sites excluding steroid dienone is 2. The average molecular weight is 250 g/mol. The van der Waals surface area contributed by atoms with Crippen LogP contribution in [0.1, 0.15) is 32.1 Å². The number of hydrogen-bond donors (Lipinski definition) is 0. The molecule has 0 aromatic carbocycles. The van der Waals surface area contributed by atoms with Gasteiger partial charge in [0.15, 0.2) is 0 Å². The summed E-state index contributed by atoms with van der Waals surface area (Å²) in [6, 6.07) is 0. The maximum atomic E-state index is 12.5. The summed E-state index contributed by atoms with van der Waals surface area (Å²) in [7, 11) is 0. The van der Waals surface area contributed by atoms with Crippen molar-refractivity contribution in [2.24, 2.45) is 5.92 Å². The van der Waals surface area contributed by atoms with Gasteiger partial charge in [-0.1, -0.05) is 19.1 Å². The predicted molar refractivity (Wildman–Crippen MR) is 59.1 cm³/mol. The summed E-state index contributed by atoms with van der Waals surface area (Å²) < 4.78 is 41.9. The van der Waals surface area contributed by atoms with Crippen molar-refractivity contribution in [2.75, 3.05) is 0 Å². The molecule has 0 fully saturated rings. The summed E-state index contributed by atoms with van der Waals surface area (Å²) in [4.78, 5) is 9.93. The van der Waals surface area contributed by atoms with Crippen molar-refractivity contribution in [3.63, 3.8) is 0 Å². The molecular weight excluding hydrogens is 233 g/mol. The minimum Gasteiger partial charge on any atom is -0.434 e. The molecule has 2 nitrogen and oxygen atoms in total. The fourth-order valence-electron chi connectivity index (χ4n) is 1.46. The molecule has 0 aromatic heterocycles. The molecule has 1 atom stereocenters. The minimum absolute atomic E-state index is 0.0594. The van der Waals surface area contributed by atoms with Gasteiger partial charge in [-0.15, -0.1) is 6.58 Å². The van der Waals surface area contributed by atoms with Crippen LogP contribution in [0.15, 0.2) is 25.0 Å². The Bertz CT molecular complexity index is 259. The first-order valence-corrected chi connectivity index (χ1v) is 5.37. The van der Waals surface area contributed by atoms with E-state index in [1.54, 1.807) is 0 Å². The number of hydrogen-bond acceptors (Lipinski definition) is 2. The van der Waals surface area contributed by atoms with Gasteiger partial charge in [0.1, 0.15) is 5.76 Å². The number of unbranched alkanes of at least 4 members (excludes halogenated alkanes) is 1. The lowest BCUT2D eigenvalue weighted by Gasteiger charge is -2.18. The van der Waals surface area contributed by atoms with Crippen molar-refractivity contribution in [1.82, 2.24) is 0 Å². The minimum atomic E-state index is -4.18. The quantitative estimate of drug-likeness (QED) is 0.268. The topological polar surface area (TPSA) is 26.3 Å². The van der Waals surface area contributed by atoms with Crippen molar-refractivity contribution in [3.8, 4) is 0 Å². The average Bonchev–Trinajstić information content (AvgIpc) is 2.21. The predicted octanol–water partition coefficient (Wildman–Crippen LogP) is 3.99. The van der Waals surface area contributed by atoms with E-state index in [4.69, 9.17) is 0 Å². The van der Waals surface area contributed by atoms with E-state index in [0.717, 1.165) is 0 Å². The molecule has 98 valence electrons. The van der Waals surface area contributed by atoms with Crippen molar-refractivity contribution < 1.29 is 22.7 Å². The zero-order valence-electron chi connectivity index (χ0n) is 9.63. The molecule has 17 heavy (non-hydrogen) atoms. The van der Waals surface area contributed by atoms with Gasteiger partial charge in [0.05, 0.1) is 5.92 Å². The second-order valence-electron chi connectivity index (χ2n) is 3.76. The van der Waals surface area contributed by atoms with Gasteiger partial charge < -0.3 is 4.74 Å². The summed E-state index contributed by atoms with van der Waals surface area (Å²) in [5.74, 6) is -1.05. The van der Waals surface area contributed by atoms with Crippen LogP contribution < -0.4 is 0 Å². The lowest BCUT2D eigenvalue weighted by atomic mass is 9.97. The molecule has 0 heterocycles. The molecule has 0 aromatic rings. The summed E-state index contributed by atoms with van der Waals surface area (Å²) in [5, 5.41) is 0. The normalized spacial score (nSPS) is 12.9. The van der Waals surface area contributed by atoms with Crippen LogP contribution in [0.3, 0.4) is 0 Å². The van der Waals surface area contributed by atoms with Gasteiger partial charge in [0.25, 0.3) is 6.47 Å². The molecule has 0 unspecified atom stereocenters. The largest absolute Gasteiger partial charge is 0.434 e. The Morgan fingerprint density at radius 2 is 2.00 bits per heavy atom. The Labute approximate surface area is 99.1 Å². The van der Waals surface area contributed by atoms with Crippen LogP contribution in [0.4, 0.5) is 13.2 Å². The monoisotopic (exact) mass is 250 g/mol. The molecule has 0 N–H and O–H groups in total. The molecule has 0 rings (SSSR count). The van der Waals surface area contributed by atoms with E-state index in [0.29, 0.717) is 19.3 Å². The van der Waals surface area contributed by atoms with Crippen LogP contribution in [-0.2, 0) is 9.53 Å². The van der Waals surface area contributed by atoms with Crippen molar-refractivity contribution in [2.45, 2.75) is 38.3 Å². The van der Waals surface area contributed by atoms with E-state index in [1.165, 1.54) is 6.08 Å². The van der Waals surface area contributed by atoms with Crippen LogP contribution >= 0.6 is 0 Å². The third-order valence-corrected chi connectivity index (χ3v) is 2.39. The van der Waals surface area contributed by atoms with E-state index in [2.05, 4.69) is 17.9 Å². The number of alkyl halides is 3. The highest BCUT2D eigenvalue weighted by Crippen LogP contribution is 2.33. The third-order valence-electron chi connectivity index (χ3n) is 2.39. The Balaban J connectivity index is 3.87. The molecule has 0 aliphatic heterocycles. The molecule has 0 radical (unpaired) electrons. The van der Waals surface area contributed by atoms with Crippen LogP contribution in [0, 0.1) is 5.92 Å². The summed E-state index contributed by atoms with van der Waals surface area (Å²) in [5.41, 5.74) is 0. The van der Waals surface area contributed by atoms with Crippen molar-refractivity contribution in [1.29, 1.82) is 0 Å². The van der Waals surface area contributed by atoms with Gasteiger partial charge >= 0.3 is 6.18 Å². The van der Waals surface area contributed by atoms with E-state index in [9.17, 15) is 18.0 Å². The van der Waals surface area contributed by atoms with Gasteiger partial charge in [-0.2, -0.15) is 13.2 Å². The fourth-order valence-corrected chi connectivity index (χ4v) is 1.46.